The van der Waals surface area contributed by atoms with Crippen LogP contribution >= 0.6 is 0 Å². The molecule has 2 aromatic rings. The van der Waals surface area contributed by atoms with Crippen molar-refractivity contribution in [2.75, 3.05) is 35.8 Å². The van der Waals surface area contributed by atoms with E-state index < -0.39 is 5.41 Å². The number of para-hydroxylation sites is 1. The van der Waals surface area contributed by atoms with E-state index in [2.05, 4.69) is 5.32 Å². The Balaban J connectivity index is 1.75. The van der Waals surface area contributed by atoms with Gasteiger partial charge in [0.05, 0.1) is 0 Å². The van der Waals surface area contributed by atoms with Crippen LogP contribution < -0.4 is 15.1 Å². The number of nitrogens with zero attached hydrogens (tertiary/aromatic N) is 2. The average Bonchev–Trinajstić information content (AvgIpc) is 3.05. The van der Waals surface area contributed by atoms with E-state index in [-0.39, 0.29) is 11.8 Å². The zero-order valence-electron chi connectivity index (χ0n) is 15.7. The third kappa shape index (κ3) is 3.29. The first-order valence-electron chi connectivity index (χ1n) is 8.79. The molecule has 3 rings (SSSR count). The van der Waals surface area contributed by atoms with E-state index in [1.807, 2.05) is 67.5 Å². The largest absolute Gasteiger partial charge is 0.378 e. The average molecular weight is 351 g/mol. The maximum atomic E-state index is 13.1. The molecule has 1 aliphatic rings. The number of amides is 2. The van der Waals surface area contributed by atoms with E-state index in [1.54, 1.807) is 18.7 Å². The molecule has 1 aliphatic heterocycles. The fourth-order valence-electron chi connectivity index (χ4n) is 3.11. The maximum Gasteiger partial charge on any atom is 0.242 e. The summed E-state index contributed by atoms with van der Waals surface area (Å²) in [5.41, 5.74) is 2.64. The normalized spacial score (nSPS) is 13.3. The van der Waals surface area contributed by atoms with Gasteiger partial charge in [0.25, 0.3) is 0 Å². The first-order chi connectivity index (χ1) is 12.3. The van der Waals surface area contributed by atoms with Crippen LogP contribution in [0, 0.1) is 5.41 Å². The molecule has 0 aliphatic carbocycles. The summed E-state index contributed by atoms with van der Waals surface area (Å²) in [5, 5.41) is 2.87. The molecule has 0 spiro atoms. The lowest BCUT2D eigenvalue weighted by molar-refractivity contribution is -0.136. The molecule has 1 N–H and O–H groups in total. The summed E-state index contributed by atoms with van der Waals surface area (Å²) in [6, 6.07) is 15.4. The van der Waals surface area contributed by atoms with E-state index in [0.29, 0.717) is 12.2 Å². The topological polar surface area (TPSA) is 52.7 Å². The lowest BCUT2D eigenvalue weighted by Crippen LogP contribution is -2.47. The number of carbonyl (C=O) groups excluding carboxylic acids is 2. The summed E-state index contributed by atoms with van der Waals surface area (Å²) in [6.07, 6.45) is 0.825. The Morgan fingerprint density at radius 2 is 1.69 bits per heavy atom. The van der Waals surface area contributed by atoms with Crippen molar-refractivity contribution in [3.05, 3.63) is 54.1 Å². The van der Waals surface area contributed by atoms with Crippen LogP contribution in [0.3, 0.4) is 0 Å². The van der Waals surface area contributed by atoms with Gasteiger partial charge in [0, 0.05) is 37.7 Å². The number of nitrogens with one attached hydrogen (secondary N) is 1. The van der Waals surface area contributed by atoms with Gasteiger partial charge in [0.2, 0.25) is 11.8 Å². The van der Waals surface area contributed by atoms with Crippen LogP contribution in [0.25, 0.3) is 0 Å². The Bertz CT molecular complexity index is 825. The molecule has 2 aromatic carbocycles. The molecule has 5 nitrogen and oxygen atoms in total. The monoisotopic (exact) mass is 351 g/mol. The van der Waals surface area contributed by atoms with Crippen molar-refractivity contribution in [3.8, 4) is 0 Å². The number of carbonyl (C=O) groups is 2. The molecule has 5 heteroatoms. The molecule has 0 fully saturated rings. The van der Waals surface area contributed by atoms with Gasteiger partial charge in [-0.3, -0.25) is 9.59 Å². The Morgan fingerprint density at radius 1 is 1.04 bits per heavy atom. The Labute approximate surface area is 154 Å². The summed E-state index contributed by atoms with van der Waals surface area (Å²) in [4.78, 5) is 29.6. The van der Waals surface area contributed by atoms with E-state index in [4.69, 9.17) is 0 Å². The summed E-state index contributed by atoms with van der Waals surface area (Å²) >= 11 is 0. The van der Waals surface area contributed by atoms with Gasteiger partial charge in [0.1, 0.15) is 5.41 Å². The van der Waals surface area contributed by atoms with Crippen LogP contribution in [-0.2, 0) is 16.0 Å². The molecule has 1 heterocycles. The van der Waals surface area contributed by atoms with Gasteiger partial charge in [-0.25, -0.2) is 0 Å². The minimum absolute atomic E-state index is 0.176. The summed E-state index contributed by atoms with van der Waals surface area (Å²) < 4.78 is 0. The number of anilines is 3. The zero-order valence-corrected chi connectivity index (χ0v) is 15.7. The number of benzene rings is 2. The van der Waals surface area contributed by atoms with Crippen molar-refractivity contribution >= 4 is 28.9 Å². The predicted molar refractivity (Wildman–Crippen MR) is 106 cm³/mol. The van der Waals surface area contributed by atoms with Gasteiger partial charge in [-0.15, -0.1) is 0 Å². The zero-order chi connectivity index (χ0) is 18.9. The Morgan fingerprint density at radius 3 is 2.35 bits per heavy atom. The smallest absolute Gasteiger partial charge is 0.242 e. The standard InChI is InChI=1S/C21H25N3O2/c1-21(2,19(25)22-16-9-11-17(12-10-16)23(3)4)20(26)24-14-13-15-7-5-6-8-18(15)24/h5-12H,13-14H2,1-4H3,(H,22,25). The van der Waals surface area contributed by atoms with Crippen molar-refractivity contribution in [3.63, 3.8) is 0 Å². The first-order valence-corrected chi connectivity index (χ1v) is 8.79. The molecule has 0 unspecified atom stereocenters. The fraction of sp³-hybridized carbons (Fsp3) is 0.333. The lowest BCUT2D eigenvalue weighted by Gasteiger charge is -2.28. The maximum absolute atomic E-state index is 13.1. The molecular weight excluding hydrogens is 326 g/mol. The Kier molecular flexibility index (Phi) is 4.72. The number of hydrogen-bond acceptors (Lipinski definition) is 3. The van der Waals surface area contributed by atoms with Crippen LogP contribution in [0.4, 0.5) is 17.1 Å². The molecule has 0 aromatic heterocycles. The lowest BCUT2D eigenvalue weighted by atomic mass is 9.90. The van der Waals surface area contributed by atoms with Crippen LogP contribution in [0.1, 0.15) is 19.4 Å². The quantitative estimate of drug-likeness (QED) is 0.860. The van der Waals surface area contributed by atoms with E-state index in [9.17, 15) is 9.59 Å². The minimum Gasteiger partial charge on any atom is -0.378 e. The van der Waals surface area contributed by atoms with Crippen molar-refractivity contribution in [2.24, 2.45) is 5.41 Å². The number of rotatable bonds is 4. The summed E-state index contributed by atoms with van der Waals surface area (Å²) in [7, 11) is 3.92. The SMILES string of the molecule is CN(C)c1ccc(NC(=O)C(C)(C)C(=O)N2CCc3ccccc32)cc1. The highest BCUT2D eigenvalue weighted by atomic mass is 16.2. The van der Waals surface area contributed by atoms with E-state index >= 15 is 0 Å². The highest BCUT2D eigenvalue weighted by Crippen LogP contribution is 2.32. The molecule has 0 bridgehead atoms. The van der Waals surface area contributed by atoms with Crippen LogP contribution in [0.2, 0.25) is 0 Å². The van der Waals surface area contributed by atoms with Crippen LogP contribution in [0.15, 0.2) is 48.5 Å². The van der Waals surface area contributed by atoms with Crippen molar-refractivity contribution in [2.45, 2.75) is 20.3 Å². The van der Waals surface area contributed by atoms with Crippen molar-refractivity contribution in [1.82, 2.24) is 0 Å². The molecular formula is C21H25N3O2. The first kappa shape index (κ1) is 18.0. The van der Waals surface area contributed by atoms with Gasteiger partial charge in [0.15, 0.2) is 0 Å². The molecule has 136 valence electrons. The number of fused-ring (bicyclic) bond motifs is 1. The molecule has 0 saturated carbocycles. The second kappa shape index (κ2) is 6.83. The second-order valence-corrected chi connectivity index (χ2v) is 7.36. The van der Waals surface area contributed by atoms with Gasteiger partial charge < -0.3 is 15.1 Å². The fourth-order valence-corrected chi connectivity index (χ4v) is 3.11. The van der Waals surface area contributed by atoms with Crippen LogP contribution in [-0.4, -0.2) is 32.5 Å². The third-order valence-electron chi connectivity index (χ3n) is 4.88. The van der Waals surface area contributed by atoms with Crippen molar-refractivity contribution < 1.29 is 9.59 Å². The van der Waals surface area contributed by atoms with Crippen LogP contribution in [0.5, 0.6) is 0 Å². The minimum atomic E-state index is -1.16. The van der Waals surface area contributed by atoms with E-state index in [0.717, 1.165) is 23.4 Å². The Hall–Kier alpha value is -2.82. The van der Waals surface area contributed by atoms with E-state index in [1.165, 1.54) is 0 Å². The van der Waals surface area contributed by atoms with Gasteiger partial charge in [-0.05, 0) is 56.2 Å². The molecule has 0 saturated heterocycles. The van der Waals surface area contributed by atoms with Crippen molar-refractivity contribution in [1.29, 1.82) is 0 Å². The highest BCUT2D eigenvalue weighted by Gasteiger charge is 2.41. The molecule has 0 radical (unpaired) electrons. The third-order valence-corrected chi connectivity index (χ3v) is 4.88. The molecule has 0 atom stereocenters. The molecule has 26 heavy (non-hydrogen) atoms. The molecule has 2 amide bonds. The number of hydrogen-bond donors (Lipinski definition) is 1. The van der Waals surface area contributed by atoms with Gasteiger partial charge in [-0.1, -0.05) is 18.2 Å². The summed E-state index contributed by atoms with van der Waals surface area (Å²) in [5.74, 6) is -0.477. The highest BCUT2D eigenvalue weighted by molar-refractivity contribution is 6.15. The van der Waals surface area contributed by atoms with Gasteiger partial charge in [-0.2, -0.15) is 0 Å². The predicted octanol–water partition coefficient (Wildman–Crippen LogP) is 3.31. The second-order valence-electron chi connectivity index (χ2n) is 7.36. The van der Waals surface area contributed by atoms with Gasteiger partial charge >= 0.3 is 0 Å². The summed E-state index contributed by atoms with van der Waals surface area (Å²) in [6.45, 7) is 3.98.